The van der Waals surface area contributed by atoms with Gasteiger partial charge in [-0.05, 0) is 61.9 Å². The molecule has 176 valence electrons. The number of carbonyl (C=O) groups is 3. The highest BCUT2D eigenvalue weighted by Gasteiger charge is 2.25. The number of rotatable bonds is 8. The number of benzene rings is 2. The standard InChI is InChI=1S/C23H25BrFN3O5/c1-16(29)27(23(31)33-15-32-22(30)21-6-3-11-26-21)12-13-28(19-9-7-18(25)8-10-19)20-5-2-4-17(24)14-20/h2,4-5,7-10,14,21,26H,3,6,11-13,15H2,1H3. The zero-order valence-electron chi connectivity index (χ0n) is 18.1. The molecule has 8 nitrogen and oxygen atoms in total. The van der Waals surface area contributed by atoms with Crippen LogP contribution in [0.15, 0.2) is 53.0 Å². The summed E-state index contributed by atoms with van der Waals surface area (Å²) < 4.78 is 24.3. The smallest absolute Gasteiger partial charge is 0.419 e. The summed E-state index contributed by atoms with van der Waals surface area (Å²) in [7, 11) is 0. The lowest BCUT2D eigenvalue weighted by atomic mass is 10.2. The predicted octanol–water partition coefficient (Wildman–Crippen LogP) is 3.96. The van der Waals surface area contributed by atoms with Crippen molar-refractivity contribution in [3.63, 3.8) is 0 Å². The molecule has 3 rings (SSSR count). The van der Waals surface area contributed by atoms with Gasteiger partial charge in [-0.1, -0.05) is 22.0 Å². The van der Waals surface area contributed by atoms with Gasteiger partial charge in [0.05, 0.1) is 0 Å². The lowest BCUT2D eigenvalue weighted by Crippen LogP contribution is -2.41. The number of amides is 2. The maximum absolute atomic E-state index is 13.4. The first-order valence-electron chi connectivity index (χ1n) is 10.5. The first-order valence-corrected chi connectivity index (χ1v) is 11.3. The minimum absolute atomic E-state index is 0.00379. The van der Waals surface area contributed by atoms with E-state index < -0.39 is 30.8 Å². The highest BCUT2D eigenvalue weighted by Crippen LogP contribution is 2.27. The number of ether oxygens (including phenoxy) is 2. The van der Waals surface area contributed by atoms with Gasteiger partial charge in [-0.25, -0.2) is 14.1 Å². The molecule has 0 spiro atoms. The van der Waals surface area contributed by atoms with Crippen LogP contribution in [0.25, 0.3) is 0 Å². The fourth-order valence-corrected chi connectivity index (χ4v) is 3.84. The minimum Gasteiger partial charge on any atom is -0.427 e. The Bertz CT molecular complexity index is 982. The van der Waals surface area contributed by atoms with Crippen LogP contribution < -0.4 is 10.2 Å². The average Bonchev–Trinajstić information content (AvgIpc) is 3.32. The molecular weight excluding hydrogens is 497 g/mol. The maximum atomic E-state index is 13.4. The second-order valence-electron chi connectivity index (χ2n) is 7.42. The normalized spacial score (nSPS) is 15.1. The summed E-state index contributed by atoms with van der Waals surface area (Å²) >= 11 is 3.43. The van der Waals surface area contributed by atoms with Crippen LogP contribution in [0.1, 0.15) is 19.8 Å². The van der Waals surface area contributed by atoms with Gasteiger partial charge in [-0.3, -0.25) is 9.59 Å². The van der Waals surface area contributed by atoms with Gasteiger partial charge in [0, 0.05) is 35.9 Å². The van der Waals surface area contributed by atoms with Gasteiger partial charge >= 0.3 is 12.1 Å². The van der Waals surface area contributed by atoms with Crippen molar-refractivity contribution in [2.75, 3.05) is 31.3 Å². The summed E-state index contributed by atoms with van der Waals surface area (Å²) in [5, 5.41) is 2.99. The molecule has 0 aromatic heterocycles. The number of anilines is 2. The molecule has 1 saturated heterocycles. The number of imide groups is 1. The van der Waals surface area contributed by atoms with E-state index >= 15 is 0 Å². The van der Waals surface area contributed by atoms with E-state index in [0.717, 1.165) is 28.0 Å². The third kappa shape index (κ3) is 7.00. The molecule has 1 fully saturated rings. The largest absolute Gasteiger partial charge is 0.427 e. The molecule has 2 aromatic carbocycles. The fraction of sp³-hybridized carbons (Fsp3) is 0.348. The molecule has 1 aliphatic heterocycles. The molecule has 2 amide bonds. The molecule has 33 heavy (non-hydrogen) atoms. The minimum atomic E-state index is -0.914. The van der Waals surface area contributed by atoms with Crippen LogP contribution in [0.4, 0.5) is 20.6 Å². The summed E-state index contributed by atoms with van der Waals surface area (Å²) in [5.41, 5.74) is 1.47. The number of hydrogen-bond acceptors (Lipinski definition) is 7. The Morgan fingerprint density at radius 3 is 2.48 bits per heavy atom. The van der Waals surface area contributed by atoms with Crippen LogP contribution in [0.5, 0.6) is 0 Å². The number of carbonyl (C=O) groups excluding carboxylic acids is 3. The number of hydrogen-bond donors (Lipinski definition) is 1. The topological polar surface area (TPSA) is 88.2 Å². The molecule has 10 heteroatoms. The zero-order valence-corrected chi connectivity index (χ0v) is 19.7. The molecule has 2 aromatic rings. The zero-order chi connectivity index (χ0) is 23.8. The fourth-order valence-electron chi connectivity index (χ4n) is 3.45. The number of halogens is 2. The molecule has 1 aliphatic rings. The molecule has 0 bridgehead atoms. The number of nitrogens with one attached hydrogen (secondary N) is 1. The van der Waals surface area contributed by atoms with Crippen molar-refractivity contribution >= 4 is 45.3 Å². The van der Waals surface area contributed by atoms with E-state index in [1.807, 2.05) is 29.2 Å². The van der Waals surface area contributed by atoms with Crippen LogP contribution in [0.3, 0.4) is 0 Å². The van der Waals surface area contributed by atoms with Crippen molar-refractivity contribution in [3.05, 3.63) is 58.8 Å². The van der Waals surface area contributed by atoms with Gasteiger partial charge in [-0.15, -0.1) is 0 Å². The first-order chi connectivity index (χ1) is 15.8. The lowest BCUT2D eigenvalue weighted by Gasteiger charge is -2.28. The molecular formula is C23H25BrFN3O5. The van der Waals surface area contributed by atoms with Crippen molar-refractivity contribution in [3.8, 4) is 0 Å². The third-order valence-electron chi connectivity index (χ3n) is 5.13. The molecule has 0 aliphatic carbocycles. The van der Waals surface area contributed by atoms with Crippen molar-refractivity contribution in [1.29, 1.82) is 0 Å². The second kappa shape index (κ2) is 11.8. The van der Waals surface area contributed by atoms with E-state index in [4.69, 9.17) is 9.47 Å². The van der Waals surface area contributed by atoms with E-state index in [1.165, 1.54) is 19.1 Å². The summed E-state index contributed by atoms with van der Waals surface area (Å²) in [4.78, 5) is 39.3. The Balaban J connectivity index is 1.64. The first kappa shape index (κ1) is 24.7. The van der Waals surface area contributed by atoms with Gasteiger partial charge in [0.1, 0.15) is 11.9 Å². The molecule has 1 atom stereocenters. The van der Waals surface area contributed by atoms with Crippen LogP contribution in [0, 0.1) is 5.82 Å². The van der Waals surface area contributed by atoms with Gasteiger partial charge in [0.15, 0.2) is 0 Å². The van der Waals surface area contributed by atoms with Crippen molar-refractivity contribution in [2.45, 2.75) is 25.8 Å². The van der Waals surface area contributed by atoms with Crippen molar-refractivity contribution in [2.24, 2.45) is 0 Å². The van der Waals surface area contributed by atoms with E-state index in [9.17, 15) is 18.8 Å². The lowest BCUT2D eigenvalue weighted by molar-refractivity contribution is -0.154. The number of esters is 1. The van der Waals surface area contributed by atoms with E-state index in [1.54, 1.807) is 12.1 Å². The molecule has 1 N–H and O–H groups in total. The van der Waals surface area contributed by atoms with E-state index in [2.05, 4.69) is 21.2 Å². The monoisotopic (exact) mass is 521 g/mol. The van der Waals surface area contributed by atoms with Crippen LogP contribution >= 0.6 is 15.9 Å². The third-order valence-corrected chi connectivity index (χ3v) is 5.63. The molecule has 1 heterocycles. The van der Waals surface area contributed by atoms with Gasteiger partial charge in [0.2, 0.25) is 12.7 Å². The average molecular weight is 522 g/mol. The molecule has 0 radical (unpaired) electrons. The number of nitrogens with zero attached hydrogens (tertiary/aromatic N) is 2. The maximum Gasteiger partial charge on any atom is 0.419 e. The van der Waals surface area contributed by atoms with Gasteiger partial charge in [-0.2, -0.15) is 0 Å². The Labute approximate surface area is 199 Å². The Morgan fingerprint density at radius 2 is 1.85 bits per heavy atom. The van der Waals surface area contributed by atoms with E-state index in [-0.39, 0.29) is 18.9 Å². The quantitative estimate of drug-likeness (QED) is 0.415. The Hall–Kier alpha value is -2.98. The van der Waals surface area contributed by atoms with Gasteiger partial charge < -0.3 is 19.7 Å². The van der Waals surface area contributed by atoms with Crippen LogP contribution in [-0.4, -0.2) is 55.3 Å². The highest BCUT2D eigenvalue weighted by atomic mass is 79.9. The predicted molar refractivity (Wildman–Crippen MR) is 123 cm³/mol. The molecule has 1 unspecified atom stereocenters. The summed E-state index contributed by atoms with van der Waals surface area (Å²) in [6.45, 7) is 1.63. The highest BCUT2D eigenvalue weighted by molar-refractivity contribution is 9.10. The SMILES string of the molecule is CC(=O)N(CCN(c1ccc(F)cc1)c1cccc(Br)c1)C(=O)OCOC(=O)C1CCCN1. The van der Waals surface area contributed by atoms with Crippen molar-refractivity contribution < 1.29 is 28.2 Å². The van der Waals surface area contributed by atoms with Crippen LogP contribution in [-0.2, 0) is 19.1 Å². The molecule has 0 saturated carbocycles. The second-order valence-corrected chi connectivity index (χ2v) is 8.33. The van der Waals surface area contributed by atoms with Crippen molar-refractivity contribution in [1.82, 2.24) is 10.2 Å². The van der Waals surface area contributed by atoms with Crippen LogP contribution in [0.2, 0.25) is 0 Å². The van der Waals surface area contributed by atoms with Gasteiger partial charge in [0.25, 0.3) is 0 Å². The summed E-state index contributed by atoms with van der Waals surface area (Å²) in [6, 6.07) is 13.0. The Morgan fingerprint density at radius 1 is 1.09 bits per heavy atom. The summed E-state index contributed by atoms with van der Waals surface area (Å²) in [5.74, 6) is -1.38. The van der Waals surface area contributed by atoms with E-state index in [0.29, 0.717) is 12.1 Å². The summed E-state index contributed by atoms with van der Waals surface area (Å²) in [6.07, 6.45) is 0.629. The Kier molecular flexibility index (Phi) is 8.79.